The second kappa shape index (κ2) is 5.30. The smallest absolute Gasteiger partial charge is 0.225 e. The van der Waals surface area contributed by atoms with Crippen molar-refractivity contribution in [3.63, 3.8) is 0 Å². The number of anilines is 2. The predicted molar refractivity (Wildman–Crippen MR) is 66.2 cm³/mol. The van der Waals surface area contributed by atoms with E-state index in [0.717, 1.165) is 12.2 Å². The maximum Gasteiger partial charge on any atom is 0.225 e. The summed E-state index contributed by atoms with van der Waals surface area (Å²) in [6.45, 7) is 0.673. The summed E-state index contributed by atoms with van der Waals surface area (Å²) in [5.74, 6) is 2.14. The Hall–Kier alpha value is -2.38. The van der Waals surface area contributed by atoms with Crippen LogP contribution in [0.5, 0.6) is 5.88 Å². The van der Waals surface area contributed by atoms with Crippen molar-refractivity contribution >= 4 is 11.8 Å². The molecule has 2 rings (SSSR count). The van der Waals surface area contributed by atoms with Gasteiger partial charge < -0.3 is 20.4 Å². The van der Waals surface area contributed by atoms with Gasteiger partial charge in [0.2, 0.25) is 11.8 Å². The molecule has 0 saturated carbocycles. The molecule has 0 aromatic carbocycles. The zero-order chi connectivity index (χ0) is 13.0. The highest BCUT2D eigenvalue weighted by molar-refractivity contribution is 5.42. The molecule has 0 atom stereocenters. The topological polar surface area (TPSA) is 104 Å². The van der Waals surface area contributed by atoms with Gasteiger partial charge in [0, 0.05) is 26.1 Å². The number of nitrogen functional groups attached to an aromatic ring is 1. The van der Waals surface area contributed by atoms with Crippen LogP contribution in [0.2, 0.25) is 0 Å². The number of rotatable bonds is 5. The van der Waals surface area contributed by atoms with Crippen LogP contribution < -0.4 is 15.8 Å². The molecule has 0 saturated heterocycles. The van der Waals surface area contributed by atoms with Crippen molar-refractivity contribution in [1.29, 1.82) is 0 Å². The summed E-state index contributed by atoms with van der Waals surface area (Å²) in [6, 6.07) is 1.69. The molecule has 2 aromatic rings. The Labute approximate surface area is 104 Å². The lowest BCUT2D eigenvalue weighted by Crippen LogP contribution is -2.11. The predicted octanol–water partition coefficient (Wildman–Crippen LogP) is -0.150. The lowest BCUT2D eigenvalue weighted by atomic mass is 10.4. The molecule has 8 nitrogen and oxygen atoms in total. The van der Waals surface area contributed by atoms with Gasteiger partial charge in [-0.05, 0) is 0 Å². The molecule has 0 radical (unpaired) electrons. The van der Waals surface area contributed by atoms with Gasteiger partial charge in [0.25, 0.3) is 0 Å². The molecule has 0 aliphatic heterocycles. The molecule has 0 bridgehead atoms. The fourth-order valence-electron chi connectivity index (χ4n) is 1.47. The van der Waals surface area contributed by atoms with E-state index in [4.69, 9.17) is 10.5 Å². The number of aromatic nitrogens is 5. The molecule has 0 fully saturated rings. The number of nitrogens with one attached hydrogen (secondary N) is 1. The van der Waals surface area contributed by atoms with Crippen LogP contribution in [0.25, 0.3) is 0 Å². The average Bonchev–Trinajstić information content (AvgIpc) is 2.74. The van der Waals surface area contributed by atoms with Crippen molar-refractivity contribution in [2.75, 3.05) is 24.7 Å². The fraction of sp³-hybridized carbons (Fsp3) is 0.400. The lowest BCUT2D eigenvalue weighted by molar-refractivity contribution is 0.398. The normalized spacial score (nSPS) is 10.3. The number of nitrogens with zero attached hydrogens (tertiary/aromatic N) is 5. The van der Waals surface area contributed by atoms with E-state index in [9.17, 15) is 0 Å². The Balaban J connectivity index is 1.94. The molecule has 2 aromatic heterocycles. The Kier molecular flexibility index (Phi) is 3.56. The Morgan fingerprint density at radius 3 is 2.94 bits per heavy atom. The molecule has 0 unspecified atom stereocenters. The molecule has 0 aliphatic carbocycles. The van der Waals surface area contributed by atoms with Crippen molar-refractivity contribution in [3.05, 3.63) is 18.2 Å². The number of nitrogens with two attached hydrogens (primary N) is 1. The number of hydrogen-bond donors (Lipinski definition) is 2. The summed E-state index contributed by atoms with van der Waals surface area (Å²) in [7, 11) is 3.44. The Bertz CT molecular complexity index is 525. The maximum atomic E-state index is 5.56. The van der Waals surface area contributed by atoms with Crippen molar-refractivity contribution in [1.82, 2.24) is 24.7 Å². The van der Waals surface area contributed by atoms with Crippen molar-refractivity contribution in [3.8, 4) is 5.88 Å². The number of aryl methyl sites for hydroxylation is 1. The summed E-state index contributed by atoms with van der Waals surface area (Å²) in [5.41, 5.74) is 5.56. The van der Waals surface area contributed by atoms with Gasteiger partial charge >= 0.3 is 0 Å². The van der Waals surface area contributed by atoms with Gasteiger partial charge in [0.05, 0.1) is 7.11 Å². The third kappa shape index (κ3) is 2.84. The maximum absolute atomic E-state index is 5.56. The van der Waals surface area contributed by atoms with Gasteiger partial charge in [-0.15, -0.1) is 10.2 Å². The zero-order valence-electron chi connectivity index (χ0n) is 10.3. The minimum Gasteiger partial charge on any atom is -0.481 e. The highest BCUT2D eigenvalue weighted by atomic mass is 16.5. The molecule has 8 heteroatoms. The fourth-order valence-corrected chi connectivity index (χ4v) is 1.47. The van der Waals surface area contributed by atoms with Crippen LogP contribution in [-0.2, 0) is 13.5 Å². The van der Waals surface area contributed by atoms with E-state index in [1.807, 2.05) is 11.6 Å². The quantitative estimate of drug-likeness (QED) is 0.759. The van der Waals surface area contributed by atoms with Crippen LogP contribution in [0.4, 0.5) is 11.8 Å². The molecule has 0 aliphatic rings. The molecule has 96 valence electrons. The highest BCUT2D eigenvalue weighted by Gasteiger charge is 2.03. The first kappa shape index (κ1) is 12.1. The molecule has 0 amide bonds. The minimum absolute atomic E-state index is 0.176. The van der Waals surface area contributed by atoms with Crippen LogP contribution in [0.1, 0.15) is 5.82 Å². The van der Waals surface area contributed by atoms with Gasteiger partial charge in [-0.3, -0.25) is 0 Å². The van der Waals surface area contributed by atoms with E-state index in [1.165, 1.54) is 7.11 Å². The summed E-state index contributed by atoms with van der Waals surface area (Å²) in [6.07, 6.45) is 2.41. The summed E-state index contributed by atoms with van der Waals surface area (Å²) < 4.78 is 6.88. The largest absolute Gasteiger partial charge is 0.481 e. The molecule has 0 spiro atoms. The van der Waals surface area contributed by atoms with Crippen LogP contribution >= 0.6 is 0 Å². The average molecular weight is 249 g/mol. The summed E-state index contributed by atoms with van der Waals surface area (Å²) in [4.78, 5) is 7.96. The molecular weight excluding hydrogens is 234 g/mol. The third-order valence-corrected chi connectivity index (χ3v) is 2.39. The zero-order valence-corrected chi connectivity index (χ0v) is 10.3. The Morgan fingerprint density at radius 2 is 2.28 bits per heavy atom. The monoisotopic (exact) mass is 249 g/mol. The van der Waals surface area contributed by atoms with Crippen LogP contribution in [-0.4, -0.2) is 38.4 Å². The van der Waals surface area contributed by atoms with Crippen LogP contribution in [0, 0.1) is 0 Å². The number of hydrogen-bond acceptors (Lipinski definition) is 7. The summed E-state index contributed by atoms with van der Waals surface area (Å²) in [5, 5.41) is 10.9. The van der Waals surface area contributed by atoms with E-state index in [-0.39, 0.29) is 5.95 Å². The molecule has 18 heavy (non-hydrogen) atoms. The third-order valence-electron chi connectivity index (χ3n) is 2.39. The number of ether oxygens (including phenoxy) is 1. The molecule has 2 heterocycles. The molecular formula is C10H15N7O. The highest BCUT2D eigenvalue weighted by Crippen LogP contribution is 2.13. The van der Waals surface area contributed by atoms with E-state index in [0.29, 0.717) is 18.2 Å². The summed E-state index contributed by atoms with van der Waals surface area (Å²) >= 11 is 0. The molecule has 3 N–H and O–H groups in total. The van der Waals surface area contributed by atoms with E-state index < -0.39 is 0 Å². The first-order valence-corrected chi connectivity index (χ1v) is 5.44. The van der Waals surface area contributed by atoms with E-state index in [2.05, 4.69) is 25.5 Å². The SMILES string of the molecule is COc1cc(NCCc2nncn2C)nc(N)n1. The van der Waals surface area contributed by atoms with Crippen molar-refractivity contribution < 1.29 is 4.74 Å². The first-order chi connectivity index (χ1) is 8.69. The first-order valence-electron chi connectivity index (χ1n) is 5.44. The van der Waals surface area contributed by atoms with Crippen LogP contribution in [0.3, 0.4) is 0 Å². The minimum atomic E-state index is 0.176. The lowest BCUT2D eigenvalue weighted by Gasteiger charge is -2.07. The van der Waals surface area contributed by atoms with Gasteiger partial charge in [0.1, 0.15) is 18.0 Å². The van der Waals surface area contributed by atoms with Gasteiger partial charge in [-0.1, -0.05) is 0 Å². The van der Waals surface area contributed by atoms with Crippen molar-refractivity contribution in [2.45, 2.75) is 6.42 Å². The van der Waals surface area contributed by atoms with Gasteiger partial charge in [-0.2, -0.15) is 9.97 Å². The van der Waals surface area contributed by atoms with E-state index in [1.54, 1.807) is 12.4 Å². The van der Waals surface area contributed by atoms with E-state index >= 15 is 0 Å². The second-order valence-corrected chi connectivity index (χ2v) is 3.69. The van der Waals surface area contributed by atoms with Crippen molar-refractivity contribution in [2.24, 2.45) is 7.05 Å². The van der Waals surface area contributed by atoms with Gasteiger partial charge in [-0.25, -0.2) is 0 Å². The van der Waals surface area contributed by atoms with Gasteiger partial charge in [0.15, 0.2) is 0 Å². The van der Waals surface area contributed by atoms with Crippen LogP contribution in [0.15, 0.2) is 12.4 Å². The number of methoxy groups -OCH3 is 1. The standard InChI is InChI=1S/C10H15N7O/c1-17-6-13-16-8(17)3-4-12-7-5-9(18-2)15-10(11)14-7/h5-6H,3-4H2,1-2H3,(H3,11,12,14,15). The Morgan fingerprint density at radius 1 is 1.44 bits per heavy atom. The second-order valence-electron chi connectivity index (χ2n) is 3.69.